The Kier molecular flexibility index (Phi) is 23.0. The van der Waals surface area contributed by atoms with E-state index in [2.05, 4.69) is 59.9 Å². The molecule has 0 aromatic carbocycles. The third-order valence-electron chi connectivity index (χ3n) is 24.6. The van der Waals surface area contributed by atoms with Crippen LogP contribution >= 0.6 is 0 Å². The molecule has 0 spiro atoms. The Bertz CT molecular complexity index is 2450. The van der Waals surface area contributed by atoms with Crippen LogP contribution < -0.4 is 5.32 Å². The summed E-state index contributed by atoms with van der Waals surface area (Å²) in [6.07, 6.45) is -10.1. The Morgan fingerprint density at radius 2 is 1.29 bits per heavy atom. The Hall–Kier alpha value is -2.37. The first-order chi connectivity index (χ1) is 42.5. The highest BCUT2D eigenvalue weighted by molar-refractivity contribution is 5.80. The Balaban J connectivity index is 0.877. The minimum atomic E-state index is -1.94. The molecule has 4 heterocycles. The average molecular weight is 1280 g/mol. The maximum Gasteiger partial charge on any atom is 0.317 e. The highest BCUT2D eigenvalue weighted by atomic mass is 16.8. The number of hydrogen-bond donors (Lipinski definition) is 12. The van der Waals surface area contributed by atoms with Crippen molar-refractivity contribution in [2.75, 3.05) is 19.8 Å². The highest BCUT2D eigenvalue weighted by Gasteiger charge is 2.72. The zero-order valence-electron chi connectivity index (χ0n) is 54.7. The smallest absolute Gasteiger partial charge is 0.317 e. The summed E-state index contributed by atoms with van der Waals surface area (Å²) in [5.74, 6) is -1.09. The van der Waals surface area contributed by atoms with Gasteiger partial charge in [0.25, 0.3) is 0 Å². The summed E-state index contributed by atoms with van der Waals surface area (Å²) in [5.41, 5.74) is -2.09. The molecule has 1 amide bonds. The van der Waals surface area contributed by atoms with Gasteiger partial charge in [0.05, 0.1) is 37.6 Å². The molecule has 29 atom stereocenters. The molecule has 0 bridgehead atoms. The Labute approximate surface area is 531 Å². The average Bonchev–Trinajstić information content (AvgIpc) is 0.673. The monoisotopic (exact) mass is 1280 g/mol. The van der Waals surface area contributed by atoms with Crippen LogP contribution in [-0.2, 0) is 52.3 Å². The standard InChI is InChI=1S/C67H111NO22/c1-10-40-48(75)50(77)53(80)57(86-40)83-29-19-17-15-13-11-12-14-16-18-20-45(73)68-46-41(32-69)87-60(56(49(46)76)89-59-54(81)51(78)55(36(3)85-59)88-58-52(79)47(74)39(71)33-84-58)90-61(82)67-28-27-62(4,5)30-38(67)37-21-22-43-63(6)25-23-35(2)64(7,34-70)42(63)24-26-65(43,8)66(37,9)31-44(67)72/h21,34-36,38-44,46-60,69,71-72,74-81H,10-20,22-33H2,1-9H3,(H,68,73)/t35-,36?,38?,39-,40?,41?,42+,43?,44?,46-,47?,48-,49?,50?,51?,52?,53?,54?,55-,56?,57+,58-,59-,60-,63?,64-,65?,66?,67+/m0/s1. The number of rotatable bonds is 23. The molecule has 0 radical (unpaired) electrons. The van der Waals surface area contributed by atoms with E-state index in [4.69, 9.17) is 37.9 Å². The van der Waals surface area contributed by atoms with E-state index in [1.54, 1.807) is 0 Å². The number of nitrogens with one attached hydrogen (secondary N) is 1. The topological polar surface area (TPSA) is 360 Å². The SMILES string of the molecule is CCC1O[C@@H](OCCCCCCCCCCCC(=O)N[C@H]2C(CO)O[C@@H](OC(=O)[C@]34CCC(C)(C)CC3C3=CCC5C6(C)CC[C@H](C)[C@](C)(C=O)[C@@H]6CCC5(C)C3(C)CC4O)C(O[C@@H]3OC(C)[C@H](O[C@@H]4OC[C@H](O)C(O)C4O)C(O)C3O)C2O)C(O)C(O)[C@H]1O. The van der Waals surface area contributed by atoms with Crippen LogP contribution in [0, 0.1) is 56.2 Å². The summed E-state index contributed by atoms with van der Waals surface area (Å²) in [6.45, 7) is 18.2. The maximum atomic E-state index is 15.8. The van der Waals surface area contributed by atoms with Crippen LogP contribution in [0.15, 0.2) is 11.6 Å². The molecule has 4 saturated carbocycles. The predicted octanol–water partition coefficient (Wildman–Crippen LogP) is 3.49. The summed E-state index contributed by atoms with van der Waals surface area (Å²) in [4.78, 5) is 42.6. The summed E-state index contributed by atoms with van der Waals surface area (Å²) in [6, 6.07) is -1.36. The molecule has 23 nitrogen and oxygen atoms in total. The number of carbonyl (C=O) groups excluding carboxylic acids is 3. The van der Waals surface area contributed by atoms with Crippen molar-refractivity contribution in [1.29, 1.82) is 0 Å². The molecule has 9 rings (SSSR count). The lowest BCUT2D eigenvalue weighted by Crippen LogP contribution is -2.69. The second-order valence-electron chi connectivity index (χ2n) is 30.5. The van der Waals surface area contributed by atoms with Crippen LogP contribution in [0.1, 0.15) is 191 Å². The van der Waals surface area contributed by atoms with Crippen LogP contribution in [0.2, 0.25) is 0 Å². The van der Waals surface area contributed by atoms with Crippen molar-refractivity contribution in [3.63, 3.8) is 0 Å². The molecule has 12 N–H and O–H groups in total. The first-order valence-electron chi connectivity index (χ1n) is 34.1. The van der Waals surface area contributed by atoms with Gasteiger partial charge in [-0.15, -0.1) is 0 Å². The van der Waals surface area contributed by atoms with Crippen molar-refractivity contribution in [2.45, 2.75) is 313 Å². The molecule has 9 aliphatic rings. The van der Waals surface area contributed by atoms with Gasteiger partial charge in [-0.3, -0.25) is 9.59 Å². The molecule has 23 heteroatoms. The quantitative estimate of drug-likeness (QED) is 0.0301. The minimum Gasteiger partial charge on any atom is -0.432 e. The number of aliphatic hydroxyl groups is 11. The van der Waals surface area contributed by atoms with Gasteiger partial charge in [-0.05, 0) is 129 Å². The summed E-state index contributed by atoms with van der Waals surface area (Å²) in [5, 5.41) is 124. The third kappa shape index (κ3) is 13.4. The van der Waals surface area contributed by atoms with Crippen LogP contribution in [-0.4, -0.2) is 217 Å². The largest absolute Gasteiger partial charge is 0.432 e. The fraction of sp³-hybridized carbons (Fsp3) is 0.925. The maximum absolute atomic E-state index is 15.8. The van der Waals surface area contributed by atoms with Crippen molar-refractivity contribution in [3.05, 3.63) is 11.6 Å². The van der Waals surface area contributed by atoms with Gasteiger partial charge in [-0.25, -0.2) is 0 Å². The zero-order chi connectivity index (χ0) is 65.6. The van der Waals surface area contributed by atoms with E-state index in [0.29, 0.717) is 32.3 Å². The van der Waals surface area contributed by atoms with E-state index < -0.39 is 170 Å². The summed E-state index contributed by atoms with van der Waals surface area (Å²) in [7, 11) is 0. The van der Waals surface area contributed by atoms with Gasteiger partial charge in [-0.1, -0.05) is 112 Å². The molecular formula is C67H111NO22. The van der Waals surface area contributed by atoms with Gasteiger partial charge < -0.3 is 104 Å². The first kappa shape index (κ1) is 71.9. The number of aldehydes is 1. The Morgan fingerprint density at radius 1 is 0.656 bits per heavy atom. The van der Waals surface area contributed by atoms with Gasteiger partial charge in [0, 0.05) is 18.4 Å². The van der Waals surface area contributed by atoms with E-state index >= 15 is 4.79 Å². The van der Waals surface area contributed by atoms with Crippen LogP contribution in [0.3, 0.4) is 0 Å². The van der Waals surface area contributed by atoms with E-state index in [1.165, 1.54) is 13.2 Å². The number of amides is 1. The van der Waals surface area contributed by atoms with E-state index in [-0.39, 0.29) is 53.3 Å². The number of carbonyl (C=O) groups is 3. The number of fused-ring (bicyclic) bond motifs is 7. The molecule has 5 aliphatic carbocycles. The fourth-order valence-electron chi connectivity index (χ4n) is 18.5. The zero-order valence-corrected chi connectivity index (χ0v) is 54.7. The van der Waals surface area contributed by atoms with Gasteiger partial charge >= 0.3 is 5.97 Å². The van der Waals surface area contributed by atoms with Gasteiger partial charge in [-0.2, -0.15) is 0 Å². The number of esters is 1. The molecule has 0 aromatic heterocycles. The highest BCUT2D eigenvalue weighted by Crippen LogP contribution is 2.76. The van der Waals surface area contributed by atoms with Crippen molar-refractivity contribution < 1.29 is 108 Å². The number of unbranched alkanes of at least 4 members (excludes halogenated alkanes) is 8. The number of hydrogen-bond acceptors (Lipinski definition) is 22. The molecule has 516 valence electrons. The van der Waals surface area contributed by atoms with Gasteiger partial charge in [0.2, 0.25) is 12.2 Å². The minimum absolute atomic E-state index is 0.0640. The van der Waals surface area contributed by atoms with Crippen molar-refractivity contribution >= 4 is 18.2 Å². The lowest BCUT2D eigenvalue weighted by atomic mass is 9.33. The number of allylic oxidation sites excluding steroid dienone is 2. The number of aliphatic hydroxyl groups excluding tert-OH is 11. The van der Waals surface area contributed by atoms with Crippen LogP contribution in [0.4, 0.5) is 0 Å². The summed E-state index contributed by atoms with van der Waals surface area (Å²) >= 11 is 0. The van der Waals surface area contributed by atoms with E-state index in [0.717, 1.165) is 89.0 Å². The first-order valence-corrected chi connectivity index (χ1v) is 34.1. The van der Waals surface area contributed by atoms with Crippen molar-refractivity contribution in [1.82, 2.24) is 5.32 Å². The van der Waals surface area contributed by atoms with Crippen LogP contribution in [0.5, 0.6) is 0 Å². The molecule has 17 unspecified atom stereocenters. The van der Waals surface area contributed by atoms with Crippen molar-refractivity contribution in [2.24, 2.45) is 56.2 Å². The molecule has 0 aromatic rings. The Morgan fingerprint density at radius 3 is 1.96 bits per heavy atom. The second kappa shape index (κ2) is 28.8. The normalized spacial score (nSPS) is 48.4. The predicted molar refractivity (Wildman–Crippen MR) is 323 cm³/mol. The fourth-order valence-corrected chi connectivity index (χ4v) is 18.5. The van der Waals surface area contributed by atoms with E-state index in [1.807, 2.05) is 6.92 Å². The number of ether oxygens (including phenoxy) is 8. The molecular weight excluding hydrogens is 1170 g/mol. The van der Waals surface area contributed by atoms with Crippen LogP contribution in [0.25, 0.3) is 0 Å². The molecule has 90 heavy (non-hydrogen) atoms. The second-order valence-corrected chi connectivity index (χ2v) is 30.5. The lowest BCUT2D eigenvalue weighted by molar-refractivity contribution is -0.370. The molecule has 8 fully saturated rings. The van der Waals surface area contributed by atoms with Gasteiger partial charge in [0.15, 0.2) is 25.0 Å². The van der Waals surface area contributed by atoms with Crippen molar-refractivity contribution in [3.8, 4) is 0 Å². The third-order valence-corrected chi connectivity index (χ3v) is 24.6. The molecule has 4 aliphatic heterocycles. The van der Waals surface area contributed by atoms with E-state index in [9.17, 15) is 65.8 Å². The summed E-state index contributed by atoms with van der Waals surface area (Å²) < 4.78 is 48.1. The van der Waals surface area contributed by atoms with Gasteiger partial charge in [0.1, 0.15) is 78.8 Å². The molecule has 4 saturated heterocycles. The lowest BCUT2D eigenvalue weighted by Gasteiger charge is -2.71.